The van der Waals surface area contributed by atoms with Crippen LogP contribution in [0.1, 0.15) is 264 Å². The maximum atomic E-state index is 12.4. The molecule has 0 spiro atoms. The van der Waals surface area contributed by atoms with Crippen LogP contribution in [0.3, 0.4) is 0 Å². The maximum Gasteiger partial charge on any atom is 0.472 e. The summed E-state index contributed by atoms with van der Waals surface area (Å²) in [4.78, 5) is 46.1. The molecule has 0 bridgehead atoms. The lowest BCUT2D eigenvalue weighted by Gasteiger charge is -2.18. The summed E-state index contributed by atoms with van der Waals surface area (Å²) in [5.41, 5.74) is 0. The Kier molecular flexibility index (Phi) is 45.4. The van der Waals surface area contributed by atoms with Gasteiger partial charge in [0.1, 0.15) is 12.7 Å². The normalized spacial score (nSPS) is 13.6. The number of ether oxygens (including phenoxy) is 1. The number of rotatable bonds is 50. The molecule has 0 fully saturated rings. The number of esters is 1. The molecule has 0 aliphatic carbocycles. The number of carbonyl (C=O) groups is 3. The van der Waals surface area contributed by atoms with Gasteiger partial charge in [-0.3, -0.25) is 18.6 Å². The second kappa shape index (κ2) is 46.7. The number of unbranched alkanes of at least 4 members (excludes halogenated alkanes) is 34. The van der Waals surface area contributed by atoms with Crippen molar-refractivity contribution in [1.82, 2.24) is 5.32 Å². The molecule has 0 heterocycles. The minimum absolute atomic E-state index is 0.147. The van der Waals surface area contributed by atoms with Crippen molar-refractivity contribution >= 4 is 25.7 Å². The van der Waals surface area contributed by atoms with Crippen molar-refractivity contribution in [2.24, 2.45) is 0 Å². The molecule has 0 radical (unpaired) electrons. The summed E-state index contributed by atoms with van der Waals surface area (Å²) in [6.45, 7) is 2.64. The molecule has 12 heteroatoms. The number of phosphoric ester groups is 1. The Hall–Kier alpha value is -1.78. The lowest BCUT2D eigenvalue weighted by Crippen LogP contribution is -2.43. The monoisotopic (exact) mass is 916 g/mol. The standard InChI is InChI=1S/C51H98NO10P/c1-3-5-7-9-11-13-15-17-19-21-23-25-27-29-31-33-35-37-39-41-43-50(55)60-44-47(53)45-61-63(58,59)62-46-48(51(56)57)52-49(54)42-40-38-36-34-32-30-28-26-24-22-20-18-16-14-12-10-8-6-4-2/h18,20,47-48,53H,3-17,19,21-46H2,1-2H3,(H,52,54)(H,56,57)(H,58,59)/b20-18+. The van der Waals surface area contributed by atoms with Gasteiger partial charge in [-0.2, -0.15) is 0 Å². The number of nitrogens with one attached hydrogen (secondary N) is 1. The molecule has 0 rings (SSSR count). The van der Waals surface area contributed by atoms with Gasteiger partial charge in [-0.25, -0.2) is 9.36 Å². The second-order valence-corrected chi connectivity index (χ2v) is 19.5. The second-order valence-electron chi connectivity index (χ2n) is 18.1. The molecular weight excluding hydrogens is 818 g/mol. The van der Waals surface area contributed by atoms with E-state index in [1.54, 1.807) is 0 Å². The minimum Gasteiger partial charge on any atom is -0.480 e. The fraction of sp³-hybridized carbons (Fsp3) is 0.902. The predicted octanol–water partition coefficient (Wildman–Crippen LogP) is 14.4. The van der Waals surface area contributed by atoms with Crippen molar-refractivity contribution in [3.63, 3.8) is 0 Å². The Morgan fingerprint density at radius 3 is 1.21 bits per heavy atom. The van der Waals surface area contributed by atoms with Crippen LogP contribution in [0.25, 0.3) is 0 Å². The van der Waals surface area contributed by atoms with Crippen LogP contribution < -0.4 is 5.32 Å². The van der Waals surface area contributed by atoms with Crippen LogP contribution in [0, 0.1) is 0 Å². The number of hydrogen-bond donors (Lipinski definition) is 4. The first-order chi connectivity index (χ1) is 30.6. The quantitative estimate of drug-likeness (QED) is 0.0199. The fourth-order valence-electron chi connectivity index (χ4n) is 7.72. The van der Waals surface area contributed by atoms with Gasteiger partial charge in [0.25, 0.3) is 0 Å². The number of carboxylic acids is 1. The molecule has 0 saturated heterocycles. The van der Waals surface area contributed by atoms with Crippen LogP contribution in [0.5, 0.6) is 0 Å². The van der Waals surface area contributed by atoms with E-state index in [4.69, 9.17) is 13.8 Å². The van der Waals surface area contributed by atoms with E-state index in [-0.39, 0.29) is 12.8 Å². The van der Waals surface area contributed by atoms with Crippen LogP contribution in [0.2, 0.25) is 0 Å². The molecule has 0 aliphatic rings. The van der Waals surface area contributed by atoms with Gasteiger partial charge in [0, 0.05) is 12.8 Å². The van der Waals surface area contributed by atoms with E-state index >= 15 is 0 Å². The van der Waals surface area contributed by atoms with Crippen molar-refractivity contribution in [2.75, 3.05) is 19.8 Å². The summed E-state index contributed by atoms with van der Waals surface area (Å²) in [6, 6.07) is -1.54. The average Bonchev–Trinajstić information content (AvgIpc) is 3.26. The van der Waals surface area contributed by atoms with Crippen LogP contribution >= 0.6 is 7.82 Å². The molecule has 4 N–H and O–H groups in total. The van der Waals surface area contributed by atoms with Crippen LogP contribution in [-0.4, -0.2) is 64.9 Å². The summed E-state index contributed by atoms with van der Waals surface area (Å²) in [5.74, 6) is -2.36. The Morgan fingerprint density at radius 1 is 0.492 bits per heavy atom. The number of allylic oxidation sites excluding steroid dienone is 2. The highest BCUT2D eigenvalue weighted by atomic mass is 31.2. The molecule has 11 nitrogen and oxygen atoms in total. The number of aliphatic hydroxyl groups is 1. The van der Waals surface area contributed by atoms with Gasteiger partial charge in [-0.05, 0) is 38.5 Å². The van der Waals surface area contributed by atoms with E-state index in [0.717, 1.165) is 38.5 Å². The molecule has 0 aromatic rings. The van der Waals surface area contributed by atoms with Crippen LogP contribution in [-0.2, 0) is 32.7 Å². The summed E-state index contributed by atoms with van der Waals surface area (Å²) in [7, 11) is -4.76. The van der Waals surface area contributed by atoms with Crippen molar-refractivity contribution in [3.8, 4) is 0 Å². The lowest BCUT2D eigenvalue weighted by molar-refractivity contribution is -0.147. The van der Waals surface area contributed by atoms with Crippen molar-refractivity contribution in [2.45, 2.75) is 276 Å². The zero-order valence-electron chi connectivity index (χ0n) is 40.7. The highest BCUT2D eigenvalue weighted by Gasteiger charge is 2.28. The van der Waals surface area contributed by atoms with E-state index < -0.39 is 57.6 Å². The molecule has 1 amide bonds. The topological polar surface area (TPSA) is 169 Å². The number of aliphatic hydroxyl groups excluding tert-OH is 1. The summed E-state index contributed by atoms with van der Waals surface area (Å²) < 4.78 is 27.0. The third kappa shape index (κ3) is 46.5. The van der Waals surface area contributed by atoms with Gasteiger partial charge >= 0.3 is 19.8 Å². The van der Waals surface area contributed by atoms with Crippen LogP contribution in [0.15, 0.2) is 12.2 Å². The van der Waals surface area contributed by atoms with E-state index in [1.807, 2.05) is 0 Å². The SMILES string of the molecule is CCCCCCCC/C=C/CCCCCCCCCCCC(=O)NC(COP(=O)(O)OCC(O)COC(=O)CCCCCCCCCCCCCCCCCCCCCC)C(=O)O. The van der Waals surface area contributed by atoms with E-state index in [1.165, 1.54) is 186 Å². The molecule has 0 saturated carbocycles. The molecule has 63 heavy (non-hydrogen) atoms. The van der Waals surface area contributed by atoms with Crippen molar-refractivity contribution < 1.29 is 47.8 Å². The van der Waals surface area contributed by atoms with E-state index in [2.05, 4.69) is 31.3 Å². The zero-order valence-corrected chi connectivity index (χ0v) is 41.5. The summed E-state index contributed by atoms with van der Waals surface area (Å²) >= 11 is 0. The highest BCUT2D eigenvalue weighted by Crippen LogP contribution is 2.43. The van der Waals surface area contributed by atoms with E-state index in [9.17, 15) is 34.1 Å². The van der Waals surface area contributed by atoms with Crippen molar-refractivity contribution in [1.29, 1.82) is 0 Å². The summed E-state index contributed by atoms with van der Waals surface area (Å²) in [6.07, 6.45) is 49.5. The molecule has 0 aliphatic heterocycles. The maximum absolute atomic E-state index is 12.4. The Labute approximate surface area is 386 Å². The fourth-order valence-corrected chi connectivity index (χ4v) is 8.50. The number of hydrogen-bond acceptors (Lipinski definition) is 8. The van der Waals surface area contributed by atoms with Gasteiger partial charge in [0.05, 0.1) is 13.2 Å². The van der Waals surface area contributed by atoms with Crippen LogP contribution in [0.4, 0.5) is 0 Å². The molecule has 0 aromatic heterocycles. The molecule has 3 unspecified atom stereocenters. The first kappa shape index (κ1) is 61.2. The smallest absolute Gasteiger partial charge is 0.472 e. The Balaban J connectivity index is 3.79. The number of aliphatic carboxylic acids is 1. The zero-order chi connectivity index (χ0) is 46.3. The minimum atomic E-state index is -4.76. The highest BCUT2D eigenvalue weighted by molar-refractivity contribution is 7.47. The molecule has 3 atom stereocenters. The number of carboxylic acid groups (broad SMARTS) is 1. The van der Waals surface area contributed by atoms with E-state index in [0.29, 0.717) is 12.8 Å². The van der Waals surface area contributed by atoms with Gasteiger partial charge in [0.2, 0.25) is 5.91 Å². The number of phosphoric acid groups is 1. The largest absolute Gasteiger partial charge is 0.480 e. The third-order valence-electron chi connectivity index (χ3n) is 11.8. The van der Waals surface area contributed by atoms with Gasteiger partial charge < -0.3 is 25.2 Å². The third-order valence-corrected chi connectivity index (χ3v) is 12.8. The average molecular weight is 916 g/mol. The van der Waals surface area contributed by atoms with Gasteiger partial charge in [-0.1, -0.05) is 225 Å². The molecule has 0 aromatic carbocycles. The molecule has 372 valence electrons. The number of carbonyl (C=O) groups excluding carboxylic acids is 2. The first-order valence-electron chi connectivity index (χ1n) is 26.2. The first-order valence-corrected chi connectivity index (χ1v) is 27.7. The van der Waals surface area contributed by atoms with Gasteiger partial charge in [0.15, 0.2) is 6.04 Å². The number of amides is 1. The van der Waals surface area contributed by atoms with Crippen molar-refractivity contribution in [3.05, 3.63) is 12.2 Å². The van der Waals surface area contributed by atoms with Gasteiger partial charge in [-0.15, -0.1) is 0 Å². The Bertz CT molecular complexity index is 1120. The summed E-state index contributed by atoms with van der Waals surface area (Å²) in [5, 5.41) is 21.9. The Morgan fingerprint density at radius 2 is 0.825 bits per heavy atom. The molecular formula is C51H98NO10P. The predicted molar refractivity (Wildman–Crippen MR) is 259 cm³/mol. The lowest BCUT2D eigenvalue weighted by atomic mass is 10.0.